The molecule has 34 heavy (non-hydrogen) atoms. The van der Waals surface area contributed by atoms with Gasteiger partial charge in [-0.3, -0.25) is 9.59 Å². The van der Waals surface area contributed by atoms with Gasteiger partial charge in [0.05, 0.1) is 12.9 Å². The number of methoxy groups -OCH3 is 1. The van der Waals surface area contributed by atoms with Crippen LogP contribution in [-0.2, 0) is 17.8 Å². The summed E-state index contributed by atoms with van der Waals surface area (Å²) in [6.07, 6.45) is 2.22. The zero-order chi connectivity index (χ0) is 24.5. The third-order valence-corrected chi connectivity index (χ3v) is 6.34. The second kappa shape index (κ2) is 12.2. The zero-order valence-corrected chi connectivity index (χ0v) is 20.6. The van der Waals surface area contributed by atoms with E-state index in [1.165, 1.54) is 11.8 Å². The number of aromatic nitrogens is 3. The number of allylic oxidation sites excluding steroid dienone is 1. The molecule has 0 atom stereocenters. The van der Waals surface area contributed by atoms with Crippen LogP contribution in [-0.4, -0.2) is 46.0 Å². The molecule has 3 aromatic rings. The first-order valence-electron chi connectivity index (χ1n) is 10.6. The van der Waals surface area contributed by atoms with Crippen LogP contribution in [0.2, 0.25) is 5.02 Å². The molecule has 0 bridgehead atoms. The van der Waals surface area contributed by atoms with E-state index in [-0.39, 0.29) is 17.6 Å². The minimum Gasteiger partial charge on any atom is -0.497 e. The molecule has 8 nitrogen and oxygen atoms in total. The van der Waals surface area contributed by atoms with Crippen molar-refractivity contribution in [1.29, 1.82) is 0 Å². The van der Waals surface area contributed by atoms with Crippen LogP contribution in [0.3, 0.4) is 0 Å². The van der Waals surface area contributed by atoms with Gasteiger partial charge in [0.25, 0.3) is 5.91 Å². The van der Waals surface area contributed by atoms with E-state index in [0.717, 1.165) is 5.56 Å². The maximum Gasteiger partial charge on any atom is 0.251 e. The Bertz CT molecular complexity index is 1160. The average Bonchev–Trinajstić information content (AvgIpc) is 3.22. The number of hydrogen-bond acceptors (Lipinski definition) is 6. The topological polar surface area (TPSA) is 98.1 Å². The third-order valence-electron chi connectivity index (χ3n) is 4.97. The summed E-state index contributed by atoms with van der Waals surface area (Å²) in [6.45, 7) is 6.52. The summed E-state index contributed by atoms with van der Waals surface area (Å²) in [4.78, 5) is 24.8. The lowest BCUT2D eigenvalue weighted by Crippen LogP contribution is -2.26. The van der Waals surface area contributed by atoms with Crippen molar-refractivity contribution in [2.45, 2.75) is 25.0 Å². The maximum atomic E-state index is 12.4. The Hall–Kier alpha value is -3.30. The van der Waals surface area contributed by atoms with Crippen molar-refractivity contribution in [3.05, 3.63) is 77.1 Å². The first kappa shape index (κ1) is 25.3. The van der Waals surface area contributed by atoms with Gasteiger partial charge in [-0.2, -0.15) is 0 Å². The van der Waals surface area contributed by atoms with E-state index in [1.807, 2.05) is 17.6 Å². The van der Waals surface area contributed by atoms with E-state index >= 15 is 0 Å². The van der Waals surface area contributed by atoms with Gasteiger partial charge >= 0.3 is 0 Å². The Morgan fingerprint density at radius 2 is 1.97 bits per heavy atom. The standard InChI is InChI=1S/C24H26ClN5O3S/c1-4-14-30-21(12-13-26-23(32)17-8-10-18(33-3)11-9-17)28-29-24(30)34-15-22(31)27-20-7-5-6-19(25)16(20)2/h4-11H,1,12-15H2,2-3H3,(H,26,32)(H,27,31). The number of halogens is 1. The van der Waals surface area contributed by atoms with Crippen molar-refractivity contribution >= 4 is 40.9 Å². The molecule has 10 heteroatoms. The molecule has 0 unspecified atom stereocenters. The number of carbonyl (C=O) groups is 2. The molecule has 0 fully saturated rings. The summed E-state index contributed by atoms with van der Waals surface area (Å²) in [6, 6.07) is 12.3. The van der Waals surface area contributed by atoms with Crippen LogP contribution in [0.4, 0.5) is 5.69 Å². The van der Waals surface area contributed by atoms with E-state index in [0.29, 0.717) is 52.5 Å². The van der Waals surface area contributed by atoms with Gasteiger partial charge in [0.1, 0.15) is 11.6 Å². The summed E-state index contributed by atoms with van der Waals surface area (Å²) < 4.78 is 6.99. The predicted octanol–water partition coefficient (Wildman–Crippen LogP) is 4.14. The highest BCUT2D eigenvalue weighted by Gasteiger charge is 2.15. The van der Waals surface area contributed by atoms with Crippen LogP contribution >= 0.6 is 23.4 Å². The van der Waals surface area contributed by atoms with E-state index in [4.69, 9.17) is 16.3 Å². The normalized spacial score (nSPS) is 10.6. The molecule has 0 saturated carbocycles. The summed E-state index contributed by atoms with van der Waals surface area (Å²) in [5, 5.41) is 15.4. The van der Waals surface area contributed by atoms with Crippen molar-refractivity contribution in [3.63, 3.8) is 0 Å². The van der Waals surface area contributed by atoms with E-state index < -0.39 is 0 Å². The average molecular weight is 500 g/mol. The molecular formula is C24H26ClN5O3S. The van der Waals surface area contributed by atoms with Crippen molar-refractivity contribution < 1.29 is 14.3 Å². The van der Waals surface area contributed by atoms with Gasteiger partial charge in [-0.15, -0.1) is 16.8 Å². The number of amides is 2. The Morgan fingerprint density at radius 1 is 1.21 bits per heavy atom. The molecular weight excluding hydrogens is 474 g/mol. The second-order valence-corrected chi connectivity index (χ2v) is 8.63. The lowest BCUT2D eigenvalue weighted by Gasteiger charge is -2.10. The van der Waals surface area contributed by atoms with Crippen molar-refractivity contribution in [2.24, 2.45) is 0 Å². The molecule has 0 spiro atoms. The summed E-state index contributed by atoms with van der Waals surface area (Å²) in [5.74, 6) is 1.20. The molecule has 0 aliphatic carbocycles. The lowest BCUT2D eigenvalue weighted by molar-refractivity contribution is -0.113. The molecule has 0 aliphatic rings. The van der Waals surface area contributed by atoms with Crippen LogP contribution in [0.5, 0.6) is 5.75 Å². The largest absolute Gasteiger partial charge is 0.497 e. The monoisotopic (exact) mass is 499 g/mol. The summed E-state index contributed by atoms with van der Waals surface area (Å²) >= 11 is 7.40. The van der Waals surface area contributed by atoms with Gasteiger partial charge in [0.15, 0.2) is 5.16 Å². The first-order chi connectivity index (χ1) is 16.4. The molecule has 2 N–H and O–H groups in total. The van der Waals surface area contributed by atoms with Gasteiger partial charge in [-0.05, 0) is 48.9 Å². The highest BCUT2D eigenvalue weighted by atomic mass is 35.5. The van der Waals surface area contributed by atoms with Crippen LogP contribution in [0, 0.1) is 6.92 Å². The molecule has 2 aromatic carbocycles. The number of carbonyl (C=O) groups excluding carboxylic acids is 2. The number of benzene rings is 2. The van der Waals surface area contributed by atoms with Crippen LogP contribution in [0.1, 0.15) is 21.7 Å². The number of anilines is 1. The number of rotatable bonds is 11. The van der Waals surface area contributed by atoms with Crippen molar-refractivity contribution in [1.82, 2.24) is 20.1 Å². The fraction of sp³-hybridized carbons (Fsp3) is 0.250. The van der Waals surface area contributed by atoms with Crippen LogP contribution in [0.15, 0.2) is 60.3 Å². The smallest absolute Gasteiger partial charge is 0.251 e. The number of ether oxygens (including phenoxy) is 1. The number of hydrogen-bond donors (Lipinski definition) is 2. The molecule has 1 heterocycles. The molecule has 0 saturated heterocycles. The second-order valence-electron chi connectivity index (χ2n) is 7.28. The molecule has 0 aliphatic heterocycles. The number of thioether (sulfide) groups is 1. The Kier molecular flexibility index (Phi) is 9.12. The molecule has 2 amide bonds. The van der Waals surface area contributed by atoms with Gasteiger partial charge in [-0.25, -0.2) is 0 Å². The van der Waals surface area contributed by atoms with Crippen LogP contribution in [0.25, 0.3) is 0 Å². The Labute approximate surface area is 207 Å². The fourth-order valence-electron chi connectivity index (χ4n) is 3.11. The van der Waals surface area contributed by atoms with Gasteiger partial charge in [0.2, 0.25) is 5.91 Å². The Balaban J connectivity index is 1.55. The first-order valence-corrected chi connectivity index (χ1v) is 11.9. The maximum absolute atomic E-state index is 12.4. The Morgan fingerprint density at radius 3 is 2.68 bits per heavy atom. The van der Waals surface area contributed by atoms with E-state index in [2.05, 4.69) is 27.4 Å². The van der Waals surface area contributed by atoms with Crippen LogP contribution < -0.4 is 15.4 Å². The van der Waals surface area contributed by atoms with E-state index in [1.54, 1.807) is 49.6 Å². The minimum absolute atomic E-state index is 0.162. The minimum atomic E-state index is -0.181. The third kappa shape index (κ3) is 6.61. The highest BCUT2D eigenvalue weighted by molar-refractivity contribution is 7.99. The highest BCUT2D eigenvalue weighted by Crippen LogP contribution is 2.24. The molecule has 178 valence electrons. The zero-order valence-electron chi connectivity index (χ0n) is 19.0. The lowest BCUT2D eigenvalue weighted by atomic mass is 10.2. The van der Waals surface area contributed by atoms with E-state index in [9.17, 15) is 9.59 Å². The summed E-state index contributed by atoms with van der Waals surface area (Å²) in [5.41, 5.74) is 2.04. The van der Waals surface area contributed by atoms with Gasteiger partial charge < -0.3 is 19.9 Å². The van der Waals surface area contributed by atoms with Gasteiger partial charge in [-0.1, -0.05) is 35.5 Å². The van der Waals surface area contributed by atoms with Crippen molar-refractivity contribution in [3.8, 4) is 5.75 Å². The molecule has 1 aromatic heterocycles. The fourth-order valence-corrected chi connectivity index (χ4v) is 4.06. The number of nitrogens with one attached hydrogen (secondary N) is 2. The van der Waals surface area contributed by atoms with Gasteiger partial charge in [0, 0.05) is 35.8 Å². The SMILES string of the molecule is C=CCn1c(CCNC(=O)c2ccc(OC)cc2)nnc1SCC(=O)Nc1cccc(Cl)c1C. The molecule has 0 radical (unpaired) electrons. The summed E-state index contributed by atoms with van der Waals surface area (Å²) in [7, 11) is 1.58. The quantitative estimate of drug-likeness (QED) is 0.304. The predicted molar refractivity (Wildman–Crippen MR) is 135 cm³/mol. The molecule has 3 rings (SSSR count). The van der Waals surface area contributed by atoms with Crippen molar-refractivity contribution in [2.75, 3.05) is 24.7 Å². The number of nitrogens with zero attached hydrogens (tertiary/aromatic N) is 3.